The summed E-state index contributed by atoms with van der Waals surface area (Å²) in [6.07, 6.45) is 0. The Morgan fingerprint density at radius 1 is 1.55 bits per heavy atom. The normalized spacial score (nSPS) is 14.5. The minimum absolute atomic E-state index is 0.0521. The van der Waals surface area contributed by atoms with E-state index in [2.05, 4.69) is 10.3 Å². The standard InChI is InChI=1S/C8H8N2O/c1-5-2-3-6-4-9-8(11)7(6)10-5/h2-3H,4H2,1H3,(H,9,11). The SMILES string of the molecule is Cc1ccc2c(n1)C(=O)NC2. The molecule has 0 saturated heterocycles. The number of amides is 1. The molecule has 1 aliphatic heterocycles. The molecule has 0 saturated carbocycles. The molecule has 0 unspecified atom stereocenters. The van der Waals surface area contributed by atoms with Gasteiger partial charge in [-0.15, -0.1) is 0 Å². The van der Waals surface area contributed by atoms with E-state index in [4.69, 9.17) is 0 Å². The van der Waals surface area contributed by atoms with E-state index < -0.39 is 0 Å². The molecule has 1 N–H and O–H groups in total. The Hall–Kier alpha value is -1.38. The number of fused-ring (bicyclic) bond motifs is 1. The number of nitrogens with zero attached hydrogens (tertiary/aromatic N) is 1. The topological polar surface area (TPSA) is 42.0 Å². The van der Waals surface area contributed by atoms with E-state index in [1.54, 1.807) is 0 Å². The van der Waals surface area contributed by atoms with Crippen molar-refractivity contribution < 1.29 is 4.79 Å². The van der Waals surface area contributed by atoms with Crippen molar-refractivity contribution in [2.45, 2.75) is 13.5 Å². The molecular formula is C8H8N2O. The second-order valence-corrected chi connectivity index (χ2v) is 2.64. The van der Waals surface area contributed by atoms with E-state index >= 15 is 0 Å². The zero-order valence-electron chi connectivity index (χ0n) is 6.22. The molecule has 0 radical (unpaired) electrons. The van der Waals surface area contributed by atoms with Gasteiger partial charge in [0.25, 0.3) is 5.91 Å². The van der Waals surface area contributed by atoms with E-state index in [1.807, 2.05) is 19.1 Å². The number of hydrogen-bond donors (Lipinski definition) is 1. The summed E-state index contributed by atoms with van der Waals surface area (Å²) in [5, 5.41) is 2.71. The number of aryl methyl sites for hydroxylation is 1. The molecule has 56 valence electrons. The summed E-state index contributed by atoms with van der Waals surface area (Å²) in [6, 6.07) is 3.86. The first-order chi connectivity index (χ1) is 5.27. The Kier molecular flexibility index (Phi) is 1.18. The molecular weight excluding hydrogens is 140 g/mol. The Morgan fingerprint density at radius 3 is 3.18 bits per heavy atom. The highest BCUT2D eigenvalue weighted by Gasteiger charge is 2.19. The summed E-state index contributed by atoms with van der Waals surface area (Å²) < 4.78 is 0. The van der Waals surface area contributed by atoms with Gasteiger partial charge in [-0.3, -0.25) is 4.79 Å². The fraction of sp³-hybridized carbons (Fsp3) is 0.250. The Bertz CT molecular complexity index is 320. The molecule has 2 heterocycles. The van der Waals surface area contributed by atoms with Crippen molar-refractivity contribution in [1.29, 1.82) is 0 Å². The van der Waals surface area contributed by atoms with Gasteiger partial charge in [-0.05, 0) is 13.0 Å². The molecule has 0 fully saturated rings. The average Bonchev–Trinajstić information content (AvgIpc) is 2.33. The average molecular weight is 148 g/mol. The van der Waals surface area contributed by atoms with Crippen molar-refractivity contribution in [3.05, 3.63) is 29.1 Å². The molecule has 11 heavy (non-hydrogen) atoms. The number of nitrogens with one attached hydrogen (secondary N) is 1. The van der Waals surface area contributed by atoms with E-state index in [1.165, 1.54) is 0 Å². The number of pyridine rings is 1. The Labute approximate surface area is 64.5 Å². The smallest absolute Gasteiger partial charge is 0.270 e. The van der Waals surface area contributed by atoms with Gasteiger partial charge in [0.05, 0.1) is 0 Å². The van der Waals surface area contributed by atoms with Gasteiger partial charge < -0.3 is 5.32 Å². The number of rotatable bonds is 0. The maximum absolute atomic E-state index is 11.0. The van der Waals surface area contributed by atoms with E-state index in [9.17, 15) is 4.79 Å². The molecule has 3 heteroatoms. The van der Waals surface area contributed by atoms with Crippen LogP contribution in [0.3, 0.4) is 0 Å². The van der Waals surface area contributed by atoms with Gasteiger partial charge in [0.1, 0.15) is 5.69 Å². The summed E-state index contributed by atoms with van der Waals surface area (Å²) in [7, 11) is 0. The lowest BCUT2D eigenvalue weighted by atomic mass is 10.2. The predicted octanol–water partition coefficient (Wildman–Crippen LogP) is 0.633. The van der Waals surface area contributed by atoms with E-state index in [0.717, 1.165) is 11.3 Å². The number of aromatic nitrogens is 1. The zero-order valence-corrected chi connectivity index (χ0v) is 6.22. The van der Waals surface area contributed by atoms with Crippen LogP contribution < -0.4 is 5.32 Å². The van der Waals surface area contributed by atoms with Gasteiger partial charge in [-0.1, -0.05) is 6.07 Å². The van der Waals surface area contributed by atoms with Crippen LogP contribution in [0, 0.1) is 6.92 Å². The first-order valence-corrected chi connectivity index (χ1v) is 3.52. The lowest BCUT2D eigenvalue weighted by molar-refractivity contribution is 0.0961. The molecule has 0 atom stereocenters. The van der Waals surface area contributed by atoms with E-state index in [-0.39, 0.29) is 5.91 Å². The van der Waals surface area contributed by atoms with Crippen molar-refractivity contribution in [3.63, 3.8) is 0 Å². The van der Waals surface area contributed by atoms with Gasteiger partial charge in [-0.2, -0.15) is 0 Å². The molecule has 0 aromatic carbocycles. The third kappa shape index (κ3) is 0.888. The highest BCUT2D eigenvalue weighted by Crippen LogP contribution is 2.12. The second kappa shape index (κ2) is 2.05. The van der Waals surface area contributed by atoms with Crippen molar-refractivity contribution in [2.75, 3.05) is 0 Å². The van der Waals surface area contributed by atoms with Gasteiger partial charge in [0.2, 0.25) is 0 Å². The summed E-state index contributed by atoms with van der Waals surface area (Å²) in [4.78, 5) is 15.2. The zero-order chi connectivity index (χ0) is 7.84. The molecule has 3 nitrogen and oxygen atoms in total. The van der Waals surface area contributed by atoms with Crippen molar-refractivity contribution in [2.24, 2.45) is 0 Å². The molecule has 2 rings (SSSR count). The maximum Gasteiger partial charge on any atom is 0.270 e. The first kappa shape index (κ1) is 6.34. The van der Waals surface area contributed by atoms with Gasteiger partial charge in [0.15, 0.2) is 0 Å². The summed E-state index contributed by atoms with van der Waals surface area (Å²) in [5.74, 6) is -0.0521. The van der Waals surface area contributed by atoms with Crippen molar-refractivity contribution >= 4 is 5.91 Å². The first-order valence-electron chi connectivity index (χ1n) is 3.52. The molecule has 0 spiro atoms. The van der Waals surface area contributed by atoms with Crippen LogP contribution in [-0.2, 0) is 6.54 Å². The molecule has 0 aliphatic carbocycles. The highest BCUT2D eigenvalue weighted by molar-refractivity contribution is 5.96. The molecule has 1 aliphatic rings. The third-order valence-electron chi connectivity index (χ3n) is 1.77. The largest absolute Gasteiger partial charge is 0.347 e. The maximum atomic E-state index is 11.0. The van der Waals surface area contributed by atoms with Crippen molar-refractivity contribution in [3.8, 4) is 0 Å². The van der Waals surface area contributed by atoms with Crippen LogP contribution in [-0.4, -0.2) is 10.9 Å². The van der Waals surface area contributed by atoms with Crippen LogP contribution in [0.2, 0.25) is 0 Å². The lowest BCUT2D eigenvalue weighted by Gasteiger charge is -1.94. The molecule has 0 bridgehead atoms. The monoisotopic (exact) mass is 148 g/mol. The van der Waals surface area contributed by atoms with Crippen molar-refractivity contribution in [1.82, 2.24) is 10.3 Å². The van der Waals surface area contributed by atoms with Crippen LogP contribution in [0.15, 0.2) is 12.1 Å². The fourth-order valence-electron chi connectivity index (χ4n) is 1.18. The van der Waals surface area contributed by atoms with Crippen LogP contribution in [0.1, 0.15) is 21.7 Å². The van der Waals surface area contributed by atoms with Crippen LogP contribution >= 0.6 is 0 Å². The minimum atomic E-state index is -0.0521. The fourth-order valence-corrected chi connectivity index (χ4v) is 1.18. The number of carbonyl (C=O) groups excluding carboxylic acids is 1. The van der Waals surface area contributed by atoms with Crippen LogP contribution in [0.25, 0.3) is 0 Å². The van der Waals surface area contributed by atoms with Crippen LogP contribution in [0.4, 0.5) is 0 Å². The van der Waals surface area contributed by atoms with E-state index in [0.29, 0.717) is 12.2 Å². The second-order valence-electron chi connectivity index (χ2n) is 2.64. The minimum Gasteiger partial charge on any atom is -0.347 e. The van der Waals surface area contributed by atoms with Gasteiger partial charge in [-0.25, -0.2) is 4.98 Å². The number of hydrogen-bond acceptors (Lipinski definition) is 2. The summed E-state index contributed by atoms with van der Waals surface area (Å²) in [6.45, 7) is 2.51. The van der Waals surface area contributed by atoms with Gasteiger partial charge in [0, 0.05) is 17.8 Å². The Morgan fingerprint density at radius 2 is 2.36 bits per heavy atom. The van der Waals surface area contributed by atoms with Crippen LogP contribution in [0.5, 0.6) is 0 Å². The third-order valence-corrected chi connectivity index (χ3v) is 1.77. The molecule has 1 amide bonds. The highest BCUT2D eigenvalue weighted by atomic mass is 16.2. The lowest BCUT2D eigenvalue weighted by Crippen LogP contribution is -2.13. The summed E-state index contributed by atoms with van der Waals surface area (Å²) >= 11 is 0. The predicted molar refractivity (Wildman–Crippen MR) is 40.1 cm³/mol. The number of carbonyl (C=O) groups is 1. The summed E-state index contributed by atoms with van der Waals surface area (Å²) in [5.41, 5.74) is 2.48. The quantitative estimate of drug-likeness (QED) is 0.586. The molecule has 1 aromatic rings. The molecule has 1 aromatic heterocycles. The Balaban J connectivity index is 2.60. The van der Waals surface area contributed by atoms with Gasteiger partial charge >= 0.3 is 0 Å².